The van der Waals surface area contributed by atoms with Crippen molar-refractivity contribution in [1.82, 2.24) is 29.7 Å². The van der Waals surface area contributed by atoms with Gasteiger partial charge in [0, 0.05) is 60.5 Å². The summed E-state index contributed by atoms with van der Waals surface area (Å²) in [6.07, 6.45) is 8.47. The number of nitrogens with zero attached hydrogens (tertiary/aromatic N) is 7. The van der Waals surface area contributed by atoms with E-state index in [9.17, 15) is 10.1 Å². The smallest absolute Gasteiger partial charge is 0.251 e. The van der Waals surface area contributed by atoms with Crippen molar-refractivity contribution in [1.29, 1.82) is 5.26 Å². The molecular weight excluding hydrogens is 444 g/mol. The molecule has 10 heteroatoms. The fraction of sp³-hybridized carbons (Fsp3) is 0.320. The molecule has 0 aromatic carbocycles. The summed E-state index contributed by atoms with van der Waals surface area (Å²) in [7, 11) is 1.87. The van der Waals surface area contributed by atoms with Crippen LogP contribution >= 0.6 is 0 Å². The molecule has 5 rings (SSSR count). The van der Waals surface area contributed by atoms with E-state index in [4.69, 9.17) is 9.72 Å². The second-order valence-corrected chi connectivity index (χ2v) is 8.88. The monoisotopic (exact) mass is 470 g/mol. The van der Waals surface area contributed by atoms with Crippen LogP contribution in [0.4, 0.5) is 5.82 Å². The lowest BCUT2D eigenvalue weighted by Gasteiger charge is -2.33. The van der Waals surface area contributed by atoms with Crippen LogP contribution in [0.3, 0.4) is 0 Å². The topological polar surface area (TPSA) is 113 Å². The minimum atomic E-state index is -0.534. The van der Waals surface area contributed by atoms with Gasteiger partial charge in [-0.15, -0.1) is 0 Å². The van der Waals surface area contributed by atoms with Crippen LogP contribution in [-0.4, -0.2) is 62.1 Å². The number of hydrogen-bond donors (Lipinski definition) is 1. The van der Waals surface area contributed by atoms with E-state index in [1.54, 1.807) is 27.8 Å². The number of hydrogen-bond acceptors (Lipinski definition) is 7. The van der Waals surface area contributed by atoms with E-state index >= 15 is 0 Å². The maximum Gasteiger partial charge on any atom is 0.251 e. The Kier molecular flexibility index (Phi) is 5.93. The maximum absolute atomic E-state index is 12.4. The summed E-state index contributed by atoms with van der Waals surface area (Å²) in [6, 6.07) is 8.25. The van der Waals surface area contributed by atoms with Gasteiger partial charge < -0.3 is 15.0 Å². The molecule has 1 amide bonds. The normalized spacial score (nSPS) is 16.0. The standard InChI is InChI=1S/C25H26N8O2/c1-16(2)30-25(34)22-15-32(6-7-35-22)23-5-4-17(10-27-23)21-8-18(20-12-28-31(3)13-20)14-33-24(21)19(9-26)11-29-33/h4-5,8,10-14,16,22H,6-7,15H2,1-3H3,(H,30,34)/t22-/m0/s1. The first-order valence-electron chi connectivity index (χ1n) is 11.5. The molecule has 1 N–H and O–H groups in total. The lowest BCUT2D eigenvalue weighted by Crippen LogP contribution is -2.51. The van der Waals surface area contributed by atoms with E-state index in [0.29, 0.717) is 25.3 Å². The fourth-order valence-corrected chi connectivity index (χ4v) is 4.28. The Morgan fingerprint density at radius 3 is 2.71 bits per heavy atom. The van der Waals surface area contributed by atoms with Crippen molar-refractivity contribution in [2.24, 2.45) is 7.05 Å². The average Bonchev–Trinajstić information content (AvgIpc) is 3.49. The summed E-state index contributed by atoms with van der Waals surface area (Å²) in [6.45, 7) is 5.40. The molecule has 0 radical (unpaired) electrons. The second kappa shape index (κ2) is 9.19. The summed E-state index contributed by atoms with van der Waals surface area (Å²) < 4.78 is 9.15. The summed E-state index contributed by atoms with van der Waals surface area (Å²) >= 11 is 0. The number of aromatic nitrogens is 5. The van der Waals surface area contributed by atoms with E-state index in [1.165, 1.54) is 0 Å². The van der Waals surface area contributed by atoms with E-state index in [-0.39, 0.29) is 11.9 Å². The first-order chi connectivity index (χ1) is 16.9. The number of nitrogens with one attached hydrogen (secondary N) is 1. The van der Waals surface area contributed by atoms with Gasteiger partial charge in [-0.25, -0.2) is 9.50 Å². The van der Waals surface area contributed by atoms with Crippen LogP contribution in [0, 0.1) is 11.3 Å². The van der Waals surface area contributed by atoms with Crippen LogP contribution in [-0.2, 0) is 16.6 Å². The highest BCUT2D eigenvalue weighted by Gasteiger charge is 2.27. The molecule has 0 unspecified atom stereocenters. The zero-order valence-electron chi connectivity index (χ0n) is 19.8. The first kappa shape index (κ1) is 22.6. The summed E-state index contributed by atoms with van der Waals surface area (Å²) in [4.78, 5) is 19.2. The highest BCUT2D eigenvalue weighted by molar-refractivity contribution is 5.87. The van der Waals surface area contributed by atoms with Gasteiger partial charge in [0.25, 0.3) is 5.91 Å². The van der Waals surface area contributed by atoms with Crippen LogP contribution in [0.5, 0.6) is 0 Å². The number of carbonyl (C=O) groups excluding carboxylic acids is 1. The van der Waals surface area contributed by atoms with Gasteiger partial charge in [0.05, 0.1) is 36.6 Å². The third kappa shape index (κ3) is 4.46. The molecule has 0 saturated carbocycles. The van der Waals surface area contributed by atoms with Crippen molar-refractivity contribution < 1.29 is 9.53 Å². The largest absolute Gasteiger partial charge is 0.365 e. The quantitative estimate of drug-likeness (QED) is 0.476. The summed E-state index contributed by atoms with van der Waals surface area (Å²) in [5.41, 5.74) is 4.83. The van der Waals surface area contributed by atoms with Crippen molar-refractivity contribution in [3.05, 3.63) is 54.7 Å². The van der Waals surface area contributed by atoms with Crippen molar-refractivity contribution in [3.63, 3.8) is 0 Å². The molecule has 1 aliphatic rings. The predicted molar refractivity (Wildman–Crippen MR) is 131 cm³/mol. The molecule has 1 saturated heterocycles. The Bertz CT molecular complexity index is 1410. The van der Waals surface area contributed by atoms with E-state index in [2.05, 4.69) is 26.5 Å². The molecule has 10 nitrogen and oxygen atoms in total. The van der Waals surface area contributed by atoms with E-state index in [0.717, 1.165) is 33.6 Å². The molecule has 0 spiro atoms. The number of anilines is 1. The van der Waals surface area contributed by atoms with E-state index in [1.807, 2.05) is 51.5 Å². The van der Waals surface area contributed by atoms with Gasteiger partial charge in [-0.05, 0) is 32.0 Å². The van der Waals surface area contributed by atoms with Crippen LogP contribution in [0.1, 0.15) is 19.4 Å². The Morgan fingerprint density at radius 1 is 1.17 bits per heavy atom. The molecule has 0 aliphatic carbocycles. The minimum absolute atomic E-state index is 0.0556. The fourth-order valence-electron chi connectivity index (χ4n) is 4.28. The second-order valence-electron chi connectivity index (χ2n) is 8.88. The number of fused-ring (bicyclic) bond motifs is 1. The van der Waals surface area contributed by atoms with Crippen molar-refractivity contribution >= 4 is 17.2 Å². The number of carbonyl (C=O) groups is 1. The molecule has 178 valence electrons. The van der Waals surface area contributed by atoms with Crippen molar-refractivity contribution in [2.75, 3.05) is 24.6 Å². The Hall–Kier alpha value is -4.23. The highest BCUT2D eigenvalue weighted by atomic mass is 16.5. The van der Waals surface area contributed by atoms with Crippen LogP contribution in [0.2, 0.25) is 0 Å². The Morgan fingerprint density at radius 2 is 2.03 bits per heavy atom. The zero-order chi connectivity index (χ0) is 24.5. The lowest BCUT2D eigenvalue weighted by atomic mass is 10.0. The van der Waals surface area contributed by atoms with Crippen LogP contribution in [0.25, 0.3) is 27.8 Å². The molecule has 1 aliphatic heterocycles. The Balaban J connectivity index is 1.47. The summed E-state index contributed by atoms with van der Waals surface area (Å²) in [5, 5.41) is 21.2. The number of nitriles is 1. The van der Waals surface area contributed by atoms with Gasteiger partial charge in [0.2, 0.25) is 0 Å². The molecule has 4 aromatic heterocycles. The molecule has 5 heterocycles. The Labute approximate surface area is 202 Å². The molecule has 1 fully saturated rings. The average molecular weight is 471 g/mol. The van der Waals surface area contributed by atoms with Gasteiger partial charge >= 0.3 is 0 Å². The zero-order valence-corrected chi connectivity index (χ0v) is 19.8. The molecule has 35 heavy (non-hydrogen) atoms. The number of ether oxygens (including phenoxy) is 1. The predicted octanol–water partition coefficient (Wildman–Crippen LogP) is 2.40. The molecular formula is C25H26N8O2. The van der Waals surface area contributed by atoms with Gasteiger partial charge in [-0.1, -0.05) is 0 Å². The maximum atomic E-state index is 12.4. The SMILES string of the molecule is CC(C)NC(=O)[C@@H]1CN(c2ccc(-c3cc(-c4cnn(C)c4)cn4ncc(C#N)c34)cn2)CCO1. The third-order valence-electron chi connectivity index (χ3n) is 5.94. The van der Waals surface area contributed by atoms with Gasteiger partial charge in [-0.2, -0.15) is 15.5 Å². The number of amides is 1. The van der Waals surface area contributed by atoms with Gasteiger partial charge in [0.15, 0.2) is 6.10 Å². The summed E-state index contributed by atoms with van der Waals surface area (Å²) in [5.74, 6) is 0.661. The number of aryl methyl sites for hydroxylation is 1. The number of pyridine rings is 2. The molecule has 0 bridgehead atoms. The number of morpholine rings is 1. The van der Waals surface area contributed by atoms with Crippen LogP contribution in [0.15, 0.2) is 49.2 Å². The lowest BCUT2D eigenvalue weighted by molar-refractivity contribution is -0.133. The van der Waals surface area contributed by atoms with Crippen molar-refractivity contribution in [2.45, 2.75) is 26.0 Å². The molecule has 1 atom stereocenters. The number of rotatable bonds is 5. The van der Waals surface area contributed by atoms with Gasteiger partial charge in [-0.3, -0.25) is 9.48 Å². The van der Waals surface area contributed by atoms with Crippen molar-refractivity contribution in [3.8, 4) is 28.3 Å². The molecule has 4 aromatic rings. The third-order valence-corrected chi connectivity index (χ3v) is 5.94. The van der Waals surface area contributed by atoms with Gasteiger partial charge in [0.1, 0.15) is 11.9 Å². The highest BCUT2D eigenvalue weighted by Crippen LogP contribution is 2.32. The van der Waals surface area contributed by atoms with Crippen LogP contribution < -0.4 is 10.2 Å². The first-order valence-corrected chi connectivity index (χ1v) is 11.5. The minimum Gasteiger partial charge on any atom is -0.365 e. The van der Waals surface area contributed by atoms with E-state index < -0.39 is 6.10 Å².